The maximum atomic E-state index is 14.0. The number of halogens is 3. The lowest BCUT2D eigenvalue weighted by molar-refractivity contribution is -0.135. The SMILES string of the molecule is O=C1N(CC(F)F)C(c2ccccc2F)NC12CCCC2. The molecule has 0 radical (unpaired) electrons. The Morgan fingerprint density at radius 2 is 1.95 bits per heavy atom. The molecule has 0 bridgehead atoms. The van der Waals surface area contributed by atoms with E-state index in [1.165, 1.54) is 12.1 Å². The van der Waals surface area contributed by atoms with Gasteiger partial charge in [0.1, 0.15) is 12.0 Å². The average molecular weight is 298 g/mol. The van der Waals surface area contributed by atoms with Crippen molar-refractivity contribution >= 4 is 5.91 Å². The second-order valence-corrected chi connectivity index (χ2v) is 5.71. The van der Waals surface area contributed by atoms with Crippen LogP contribution in [0.2, 0.25) is 0 Å². The summed E-state index contributed by atoms with van der Waals surface area (Å²) >= 11 is 0. The molecular weight excluding hydrogens is 281 g/mol. The smallest absolute Gasteiger partial charge is 0.255 e. The van der Waals surface area contributed by atoms with Crippen LogP contribution in [0, 0.1) is 5.82 Å². The van der Waals surface area contributed by atoms with Crippen LogP contribution < -0.4 is 5.32 Å². The summed E-state index contributed by atoms with van der Waals surface area (Å²) in [6.07, 6.45) is -0.448. The number of carbonyl (C=O) groups excluding carboxylic acids is 1. The van der Waals surface area contributed by atoms with Gasteiger partial charge in [0.05, 0.1) is 12.1 Å². The van der Waals surface area contributed by atoms with Crippen LogP contribution in [0.4, 0.5) is 13.2 Å². The molecular formula is C15H17F3N2O. The minimum atomic E-state index is -2.64. The molecule has 1 saturated heterocycles. The van der Waals surface area contributed by atoms with Crippen molar-refractivity contribution in [2.24, 2.45) is 0 Å². The Kier molecular flexibility index (Phi) is 3.65. The van der Waals surface area contributed by atoms with Crippen LogP contribution in [0.5, 0.6) is 0 Å². The molecule has 1 atom stereocenters. The van der Waals surface area contributed by atoms with Crippen molar-refractivity contribution in [2.45, 2.75) is 43.8 Å². The summed E-state index contributed by atoms with van der Waals surface area (Å²) in [4.78, 5) is 13.7. The summed E-state index contributed by atoms with van der Waals surface area (Å²) in [6, 6.07) is 6.00. The number of hydrogen-bond acceptors (Lipinski definition) is 2. The van der Waals surface area contributed by atoms with Crippen molar-refractivity contribution in [3.8, 4) is 0 Å². The van der Waals surface area contributed by atoms with E-state index in [4.69, 9.17) is 0 Å². The molecule has 2 aliphatic rings. The lowest BCUT2D eigenvalue weighted by Crippen LogP contribution is -2.44. The summed E-state index contributed by atoms with van der Waals surface area (Å²) in [5.74, 6) is -0.814. The van der Waals surface area contributed by atoms with E-state index in [1.807, 2.05) is 0 Å². The molecule has 1 aliphatic carbocycles. The molecule has 1 saturated carbocycles. The summed E-state index contributed by atoms with van der Waals surface area (Å²) in [5.41, 5.74) is -0.544. The molecule has 1 aromatic rings. The van der Waals surface area contributed by atoms with Crippen LogP contribution in [0.1, 0.15) is 37.4 Å². The molecule has 114 valence electrons. The van der Waals surface area contributed by atoms with Gasteiger partial charge in [0.15, 0.2) is 0 Å². The number of nitrogens with one attached hydrogen (secondary N) is 1. The van der Waals surface area contributed by atoms with E-state index in [0.29, 0.717) is 12.8 Å². The van der Waals surface area contributed by atoms with Crippen molar-refractivity contribution in [3.05, 3.63) is 35.6 Å². The quantitative estimate of drug-likeness (QED) is 0.930. The number of hydrogen-bond donors (Lipinski definition) is 1. The van der Waals surface area contributed by atoms with Crippen molar-refractivity contribution in [1.29, 1.82) is 0 Å². The Labute approximate surface area is 121 Å². The second-order valence-electron chi connectivity index (χ2n) is 5.71. The fourth-order valence-electron chi connectivity index (χ4n) is 3.41. The Hall–Kier alpha value is -1.56. The molecule has 1 amide bonds. The van der Waals surface area contributed by atoms with Crippen LogP contribution in [-0.4, -0.2) is 29.3 Å². The molecule has 1 aliphatic heterocycles. The molecule has 1 spiro atoms. The number of nitrogens with zero attached hydrogens (tertiary/aromatic N) is 1. The largest absolute Gasteiger partial charge is 0.315 e. The first-order valence-corrected chi connectivity index (χ1v) is 7.15. The minimum Gasteiger partial charge on any atom is -0.315 e. The number of rotatable bonds is 3. The van der Waals surface area contributed by atoms with Gasteiger partial charge in [-0.3, -0.25) is 10.1 Å². The zero-order chi connectivity index (χ0) is 15.0. The van der Waals surface area contributed by atoms with E-state index in [2.05, 4.69) is 5.32 Å². The number of amides is 1. The van der Waals surface area contributed by atoms with E-state index in [0.717, 1.165) is 17.7 Å². The third kappa shape index (κ3) is 2.41. The van der Waals surface area contributed by atoms with Gasteiger partial charge in [0.2, 0.25) is 5.91 Å². The van der Waals surface area contributed by atoms with Gasteiger partial charge in [-0.05, 0) is 18.9 Å². The van der Waals surface area contributed by atoms with Gasteiger partial charge in [0.25, 0.3) is 6.43 Å². The normalized spacial score (nSPS) is 24.5. The van der Waals surface area contributed by atoms with E-state index >= 15 is 0 Å². The lowest BCUT2D eigenvalue weighted by atomic mass is 9.98. The van der Waals surface area contributed by atoms with Gasteiger partial charge < -0.3 is 4.90 Å². The van der Waals surface area contributed by atoms with Crippen LogP contribution >= 0.6 is 0 Å². The molecule has 1 aromatic carbocycles. The fraction of sp³-hybridized carbons (Fsp3) is 0.533. The van der Waals surface area contributed by atoms with Crippen molar-refractivity contribution in [1.82, 2.24) is 10.2 Å². The number of benzene rings is 1. The van der Waals surface area contributed by atoms with Crippen LogP contribution in [0.15, 0.2) is 24.3 Å². The highest BCUT2D eigenvalue weighted by Gasteiger charge is 2.53. The summed E-state index contributed by atoms with van der Waals surface area (Å²) < 4.78 is 39.6. The van der Waals surface area contributed by atoms with Crippen molar-refractivity contribution < 1.29 is 18.0 Å². The fourth-order valence-corrected chi connectivity index (χ4v) is 3.41. The van der Waals surface area contributed by atoms with E-state index < -0.39 is 30.5 Å². The second kappa shape index (κ2) is 5.33. The van der Waals surface area contributed by atoms with Gasteiger partial charge in [-0.25, -0.2) is 13.2 Å². The van der Waals surface area contributed by atoms with Gasteiger partial charge in [-0.15, -0.1) is 0 Å². The van der Waals surface area contributed by atoms with Crippen LogP contribution in [0.25, 0.3) is 0 Å². The predicted octanol–water partition coefficient (Wildman–Crippen LogP) is 2.83. The Morgan fingerprint density at radius 1 is 1.29 bits per heavy atom. The van der Waals surface area contributed by atoms with Crippen LogP contribution in [0.3, 0.4) is 0 Å². The van der Waals surface area contributed by atoms with E-state index in [9.17, 15) is 18.0 Å². The molecule has 6 heteroatoms. The third-order valence-corrected chi connectivity index (χ3v) is 4.39. The monoisotopic (exact) mass is 298 g/mol. The van der Waals surface area contributed by atoms with Crippen LogP contribution in [-0.2, 0) is 4.79 Å². The Bertz CT molecular complexity index is 543. The molecule has 1 N–H and O–H groups in total. The van der Waals surface area contributed by atoms with Crippen molar-refractivity contribution in [2.75, 3.05) is 6.54 Å². The molecule has 0 aromatic heterocycles. The summed E-state index contributed by atoms with van der Waals surface area (Å²) in [5, 5.41) is 3.13. The first-order valence-electron chi connectivity index (χ1n) is 7.15. The summed E-state index contributed by atoms with van der Waals surface area (Å²) in [7, 11) is 0. The first-order chi connectivity index (χ1) is 10.0. The highest BCUT2D eigenvalue weighted by atomic mass is 19.3. The predicted molar refractivity (Wildman–Crippen MR) is 71.2 cm³/mol. The summed E-state index contributed by atoms with van der Waals surface area (Å²) in [6.45, 7) is -0.674. The van der Waals surface area contributed by atoms with E-state index in [-0.39, 0.29) is 11.5 Å². The molecule has 3 rings (SSSR count). The molecule has 2 fully saturated rings. The lowest BCUT2D eigenvalue weighted by Gasteiger charge is -2.24. The minimum absolute atomic E-state index is 0.246. The molecule has 1 heterocycles. The Balaban J connectivity index is 1.97. The number of carbonyl (C=O) groups is 1. The van der Waals surface area contributed by atoms with Gasteiger partial charge in [-0.1, -0.05) is 31.0 Å². The highest BCUT2D eigenvalue weighted by Crippen LogP contribution is 2.41. The Morgan fingerprint density at radius 3 is 2.57 bits per heavy atom. The topological polar surface area (TPSA) is 32.3 Å². The maximum absolute atomic E-state index is 14.0. The third-order valence-electron chi connectivity index (χ3n) is 4.39. The first kappa shape index (κ1) is 14.4. The molecule has 21 heavy (non-hydrogen) atoms. The molecule has 3 nitrogen and oxygen atoms in total. The highest BCUT2D eigenvalue weighted by molar-refractivity contribution is 5.89. The number of alkyl halides is 2. The molecule has 1 unspecified atom stereocenters. The standard InChI is InChI=1S/C15H17F3N2O/c16-11-6-2-1-5-10(11)13-19-15(7-3-4-8-15)14(21)20(13)9-12(17)18/h1-2,5-6,12-13,19H,3-4,7-9H2. The van der Waals surface area contributed by atoms with E-state index in [1.54, 1.807) is 12.1 Å². The zero-order valence-electron chi connectivity index (χ0n) is 11.5. The van der Waals surface area contributed by atoms with Gasteiger partial charge in [0, 0.05) is 5.56 Å². The zero-order valence-corrected chi connectivity index (χ0v) is 11.5. The van der Waals surface area contributed by atoms with Gasteiger partial charge in [-0.2, -0.15) is 0 Å². The van der Waals surface area contributed by atoms with Crippen molar-refractivity contribution in [3.63, 3.8) is 0 Å². The maximum Gasteiger partial charge on any atom is 0.255 e. The average Bonchev–Trinajstić information content (AvgIpc) is 3.01. The van der Waals surface area contributed by atoms with Gasteiger partial charge >= 0.3 is 0 Å².